The van der Waals surface area contributed by atoms with Crippen LogP contribution in [-0.4, -0.2) is 15.5 Å². The third-order valence-electron chi connectivity index (χ3n) is 2.87. The molecule has 0 heterocycles. The van der Waals surface area contributed by atoms with Crippen molar-refractivity contribution in [2.24, 2.45) is 0 Å². The van der Waals surface area contributed by atoms with E-state index in [2.05, 4.69) is 0 Å². The van der Waals surface area contributed by atoms with Crippen LogP contribution in [-0.2, 0) is 10.0 Å². The number of nitrogens with zero attached hydrogens (tertiary/aromatic N) is 2. The highest BCUT2D eigenvalue weighted by Crippen LogP contribution is 2.25. The van der Waals surface area contributed by atoms with Crippen LogP contribution >= 0.6 is 0 Å². The minimum atomic E-state index is -4.26. The van der Waals surface area contributed by atoms with Gasteiger partial charge in [0.1, 0.15) is 16.5 Å². The van der Waals surface area contributed by atoms with E-state index in [9.17, 15) is 17.2 Å². The van der Waals surface area contributed by atoms with Crippen LogP contribution in [0.15, 0.2) is 47.4 Å². The molecule has 0 unspecified atom stereocenters. The molecule has 0 radical (unpaired) electrons. The van der Waals surface area contributed by atoms with E-state index in [-0.39, 0.29) is 11.3 Å². The number of nitriles is 1. The van der Waals surface area contributed by atoms with Crippen molar-refractivity contribution >= 4 is 15.7 Å². The molecule has 108 valence electrons. The molecule has 0 aliphatic heterocycles. The summed E-state index contributed by atoms with van der Waals surface area (Å²) >= 11 is 0. The van der Waals surface area contributed by atoms with Gasteiger partial charge in [-0.3, -0.25) is 4.31 Å². The Bertz CT molecular complexity index is 829. The van der Waals surface area contributed by atoms with Crippen molar-refractivity contribution in [3.63, 3.8) is 0 Å². The molecule has 2 rings (SSSR count). The lowest BCUT2D eigenvalue weighted by Gasteiger charge is -2.20. The Kier molecular flexibility index (Phi) is 3.91. The molecule has 0 amide bonds. The number of halogens is 2. The molecule has 7 heteroatoms. The van der Waals surface area contributed by atoms with Crippen molar-refractivity contribution in [3.8, 4) is 6.07 Å². The predicted molar refractivity (Wildman–Crippen MR) is 73.1 cm³/mol. The van der Waals surface area contributed by atoms with Crippen molar-refractivity contribution in [2.75, 3.05) is 11.4 Å². The van der Waals surface area contributed by atoms with Gasteiger partial charge in [-0.15, -0.1) is 0 Å². The van der Waals surface area contributed by atoms with Gasteiger partial charge in [0.25, 0.3) is 10.0 Å². The Hall–Kier alpha value is -2.46. The van der Waals surface area contributed by atoms with Crippen LogP contribution in [0, 0.1) is 23.0 Å². The molecule has 0 bridgehead atoms. The number of sulfonamides is 1. The lowest BCUT2D eigenvalue weighted by molar-refractivity contribution is 0.552. The standard InChI is InChI=1S/C14H10F2N2O2S/c1-18(12-4-2-3-10(7-12)9-17)21(19,20)14-8-11(15)5-6-13(14)16/h2-8H,1H3. The molecule has 2 aromatic rings. The fourth-order valence-electron chi connectivity index (χ4n) is 1.73. The minimum Gasteiger partial charge on any atom is -0.269 e. The molecular formula is C14H10F2N2O2S. The number of rotatable bonds is 3. The van der Waals surface area contributed by atoms with Crippen LogP contribution in [0.5, 0.6) is 0 Å². The third kappa shape index (κ3) is 2.85. The molecular weight excluding hydrogens is 298 g/mol. The second-order valence-electron chi connectivity index (χ2n) is 4.21. The molecule has 0 saturated carbocycles. The molecule has 0 aromatic heterocycles. The lowest BCUT2D eigenvalue weighted by atomic mass is 10.2. The monoisotopic (exact) mass is 308 g/mol. The van der Waals surface area contributed by atoms with E-state index >= 15 is 0 Å². The molecule has 0 saturated heterocycles. The van der Waals surface area contributed by atoms with Gasteiger partial charge in [0.15, 0.2) is 0 Å². The topological polar surface area (TPSA) is 61.2 Å². The Balaban J connectivity index is 2.53. The molecule has 4 nitrogen and oxygen atoms in total. The van der Waals surface area contributed by atoms with Crippen molar-refractivity contribution in [1.82, 2.24) is 0 Å². The van der Waals surface area contributed by atoms with Gasteiger partial charge in [0.2, 0.25) is 0 Å². The summed E-state index contributed by atoms with van der Waals surface area (Å²) in [6, 6.07) is 9.89. The third-order valence-corrected chi connectivity index (χ3v) is 4.67. The van der Waals surface area contributed by atoms with E-state index in [0.29, 0.717) is 6.07 Å². The summed E-state index contributed by atoms with van der Waals surface area (Å²) in [5, 5.41) is 8.82. The van der Waals surface area contributed by atoms with Gasteiger partial charge >= 0.3 is 0 Å². The maximum absolute atomic E-state index is 13.7. The fraction of sp³-hybridized carbons (Fsp3) is 0.0714. The Morgan fingerprint density at radius 2 is 1.86 bits per heavy atom. The number of hydrogen-bond donors (Lipinski definition) is 0. The summed E-state index contributed by atoms with van der Waals surface area (Å²) in [7, 11) is -3.06. The molecule has 0 atom stereocenters. The molecule has 0 aliphatic rings. The summed E-state index contributed by atoms with van der Waals surface area (Å²) in [6.45, 7) is 0. The summed E-state index contributed by atoms with van der Waals surface area (Å²) in [4.78, 5) is -0.757. The van der Waals surface area contributed by atoms with E-state index in [1.54, 1.807) is 0 Å². The van der Waals surface area contributed by atoms with Crippen molar-refractivity contribution < 1.29 is 17.2 Å². The van der Waals surface area contributed by atoms with Crippen molar-refractivity contribution in [2.45, 2.75) is 4.90 Å². The SMILES string of the molecule is CN(c1cccc(C#N)c1)S(=O)(=O)c1cc(F)ccc1F. The van der Waals surface area contributed by atoms with E-state index in [1.165, 1.54) is 31.3 Å². The highest BCUT2D eigenvalue weighted by Gasteiger charge is 2.25. The average Bonchev–Trinajstić information content (AvgIpc) is 2.48. The van der Waals surface area contributed by atoms with Crippen LogP contribution in [0.3, 0.4) is 0 Å². The van der Waals surface area contributed by atoms with Crippen LogP contribution in [0.4, 0.5) is 14.5 Å². The van der Waals surface area contributed by atoms with E-state index in [4.69, 9.17) is 5.26 Å². The summed E-state index contributed by atoms with van der Waals surface area (Å²) in [5.41, 5.74) is 0.437. The second-order valence-corrected chi connectivity index (χ2v) is 6.15. The Labute approximate surface area is 120 Å². The molecule has 0 fully saturated rings. The van der Waals surface area contributed by atoms with Crippen LogP contribution in [0.1, 0.15) is 5.56 Å². The molecule has 2 aromatic carbocycles. The zero-order chi connectivity index (χ0) is 15.6. The number of benzene rings is 2. The minimum absolute atomic E-state index is 0.178. The summed E-state index contributed by atoms with van der Waals surface area (Å²) < 4.78 is 52.3. The number of hydrogen-bond acceptors (Lipinski definition) is 3. The van der Waals surface area contributed by atoms with Gasteiger partial charge in [-0.2, -0.15) is 5.26 Å². The van der Waals surface area contributed by atoms with Gasteiger partial charge < -0.3 is 0 Å². The molecule has 0 N–H and O–H groups in total. The van der Waals surface area contributed by atoms with Gasteiger partial charge in [-0.05, 0) is 36.4 Å². The van der Waals surface area contributed by atoms with E-state index in [1.807, 2.05) is 6.07 Å². The smallest absolute Gasteiger partial charge is 0.267 e. The highest BCUT2D eigenvalue weighted by atomic mass is 32.2. The van der Waals surface area contributed by atoms with Gasteiger partial charge in [-0.1, -0.05) is 6.07 Å². The lowest BCUT2D eigenvalue weighted by Crippen LogP contribution is -2.27. The maximum Gasteiger partial charge on any atom is 0.267 e. The van der Waals surface area contributed by atoms with Crippen LogP contribution in [0.25, 0.3) is 0 Å². The average molecular weight is 308 g/mol. The van der Waals surface area contributed by atoms with Gasteiger partial charge in [0.05, 0.1) is 17.3 Å². The summed E-state index contributed by atoms with van der Waals surface area (Å²) in [6.07, 6.45) is 0. The van der Waals surface area contributed by atoms with Gasteiger partial charge in [0, 0.05) is 7.05 Å². The molecule has 0 spiro atoms. The first kappa shape index (κ1) is 14.9. The van der Waals surface area contributed by atoms with Crippen LogP contribution in [0.2, 0.25) is 0 Å². The predicted octanol–water partition coefficient (Wildman–Crippen LogP) is 2.66. The first-order chi connectivity index (χ1) is 9.86. The van der Waals surface area contributed by atoms with Crippen LogP contribution < -0.4 is 4.31 Å². The van der Waals surface area contributed by atoms with Crippen molar-refractivity contribution in [1.29, 1.82) is 5.26 Å². The highest BCUT2D eigenvalue weighted by molar-refractivity contribution is 7.92. The van der Waals surface area contributed by atoms with E-state index in [0.717, 1.165) is 16.4 Å². The first-order valence-corrected chi connectivity index (χ1v) is 7.24. The fourth-order valence-corrected chi connectivity index (χ4v) is 2.99. The maximum atomic E-state index is 13.7. The quantitative estimate of drug-likeness (QED) is 0.876. The normalized spacial score (nSPS) is 11.0. The van der Waals surface area contributed by atoms with Crippen molar-refractivity contribution in [3.05, 3.63) is 59.7 Å². The Morgan fingerprint density at radius 3 is 2.52 bits per heavy atom. The molecule has 21 heavy (non-hydrogen) atoms. The first-order valence-electron chi connectivity index (χ1n) is 5.80. The number of anilines is 1. The zero-order valence-electron chi connectivity index (χ0n) is 10.9. The largest absolute Gasteiger partial charge is 0.269 e. The Morgan fingerprint density at radius 1 is 1.14 bits per heavy atom. The zero-order valence-corrected chi connectivity index (χ0v) is 11.7. The summed E-state index contributed by atoms with van der Waals surface area (Å²) in [5.74, 6) is -1.89. The van der Waals surface area contributed by atoms with E-state index < -0.39 is 26.6 Å². The molecule has 0 aliphatic carbocycles. The van der Waals surface area contributed by atoms with Gasteiger partial charge in [-0.25, -0.2) is 17.2 Å². The second kappa shape index (κ2) is 5.50.